The zero-order valence-corrected chi connectivity index (χ0v) is 12.3. The van der Waals surface area contributed by atoms with Crippen LogP contribution in [0.5, 0.6) is 0 Å². The molecule has 2 aromatic rings. The number of H-pyrrole nitrogens is 1. The lowest BCUT2D eigenvalue weighted by atomic mass is 10.3. The number of rotatable bonds is 3. The quantitative estimate of drug-likeness (QED) is 0.773. The third kappa shape index (κ3) is 2.82. The monoisotopic (exact) mass is 368 g/mol. The number of nitrogens with two attached hydrogens (primary N) is 1. The maximum atomic E-state index is 13.1. The number of aromatic amines is 1. The molecule has 1 heterocycles. The van der Waals surface area contributed by atoms with Gasteiger partial charge in [-0.05, 0) is 28.1 Å². The highest BCUT2D eigenvalue weighted by molar-refractivity contribution is 9.10. The van der Waals surface area contributed by atoms with Crippen molar-refractivity contribution in [1.29, 1.82) is 0 Å². The molecule has 1 aromatic heterocycles. The van der Waals surface area contributed by atoms with Gasteiger partial charge in [0, 0.05) is 4.47 Å². The van der Waals surface area contributed by atoms with E-state index in [9.17, 15) is 12.8 Å². The highest BCUT2D eigenvalue weighted by atomic mass is 79.9. The molecule has 0 bridgehead atoms. The average Bonchev–Trinajstić information content (AvgIpc) is 2.70. The maximum Gasteiger partial charge on any atom is 0.267 e. The minimum atomic E-state index is -3.96. The molecule has 10 heteroatoms. The van der Waals surface area contributed by atoms with Crippen LogP contribution >= 0.6 is 27.5 Å². The molecule has 0 unspecified atom stereocenters. The molecule has 0 atom stereocenters. The number of aromatic nitrogens is 2. The van der Waals surface area contributed by atoms with E-state index in [4.69, 9.17) is 17.3 Å². The minimum Gasteiger partial charge on any atom is -0.383 e. The first-order valence-corrected chi connectivity index (χ1v) is 7.43. The molecule has 0 spiro atoms. The highest BCUT2D eigenvalue weighted by Gasteiger charge is 2.22. The highest BCUT2D eigenvalue weighted by Crippen LogP contribution is 2.33. The van der Waals surface area contributed by atoms with E-state index in [2.05, 4.69) is 30.8 Å². The van der Waals surface area contributed by atoms with E-state index in [1.807, 2.05) is 0 Å². The van der Waals surface area contributed by atoms with E-state index in [1.54, 1.807) is 0 Å². The smallest absolute Gasteiger partial charge is 0.267 e. The van der Waals surface area contributed by atoms with Crippen LogP contribution in [0.2, 0.25) is 5.02 Å². The number of halogens is 3. The molecule has 19 heavy (non-hydrogen) atoms. The van der Waals surface area contributed by atoms with Crippen LogP contribution < -0.4 is 10.5 Å². The van der Waals surface area contributed by atoms with Crippen molar-refractivity contribution in [2.45, 2.75) is 4.90 Å². The van der Waals surface area contributed by atoms with Crippen LogP contribution in [0.25, 0.3) is 0 Å². The SMILES string of the molecule is Nc1[nH]ncc1S(=O)(=O)Nc1c(Cl)cc(F)cc1Br. The maximum absolute atomic E-state index is 13.1. The van der Waals surface area contributed by atoms with Gasteiger partial charge in [0.2, 0.25) is 0 Å². The summed E-state index contributed by atoms with van der Waals surface area (Å²) in [5, 5.41) is 5.73. The average molecular weight is 370 g/mol. The Morgan fingerprint density at radius 1 is 1.47 bits per heavy atom. The molecule has 4 N–H and O–H groups in total. The summed E-state index contributed by atoms with van der Waals surface area (Å²) in [4.78, 5) is -0.222. The summed E-state index contributed by atoms with van der Waals surface area (Å²) in [7, 11) is -3.96. The molecule has 0 amide bonds. The summed E-state index contributed by atoms with van der Waals surface area (Å²) >= 11 is 8.82. The van der Waals surface area contributed by atoms with Crippen molar-refractivity contribution >= 4 is 49.1 Å². The molecule has 0 radical (unpaired) electrons. The zero-order valence-electron chi connectivity index (χ0n) is 9.12. The van der Waals surface area contributed by atoms with E-state index >= 15 is 0 Å². The van der Waals surface area contributed by atoms with Gasteiger partial charge in [-0.3, -0.25) is 9.82 Å². The summed E-state index contributed by atoms with van der Waals surface area (Å²) in [6.07, 6.45) is 1.06. The van der Waals surface area contributed by atoms with Gasteiger partial charge in [-0.25, -0.2) is 12.8 Å². The van der Waals surface area contributed by atoms with E-state index in [0.29, 0.717) is 0 Å². The fourth-order valence-electron chi connectivity index (χ4n) is 1.33. The first kappa shape index (κ1) is 14.1. The molecule has 1 aromatic carbocycles. The third-order valence-electron chi connectivity index (χ3n) is 2.17. The summed E-state index contributed by atoms with van der Waals surface area (Å²) in [5.41, 5.74) is 5.46. The van der Waals surface area contributed by atoms with Gasteiger partial charge < -0.3 is 5.73 Å². The summed E-state index contributed by atoms with van der Waals surface area (Å²) in [5.74, 6) is -0.704. The molecular formula is C9H7BrClFN4O2S. The summed E-state index contributed by atoms with van der Waals surface area (Å²) < 4.78 is 39.5. The van der Waals surface area contributed by atoms with Crippen molar-refractivity contribution in [2.75, 3.05) is 10.5 Å². The van der Waals surface area contributed by atoms with Gasteiger partial charge in [0.15, 0.2) is 0 Å². The number of hydrogen-bond acceptors (Lipinski definition) is 4. The number of nitrogens with one attached hydrogen (secondary N) is 2. The molecule has 0 aliphatic heterocycles. The molecular weight excluding hydrogens is 363 g/mol. The molecule has 102 valence electrons. The molecule has 2 rings (SSSR count). The van der Waals surface area contributed by atoms with E-state index in [1.165, 1.54) is 0 Å². The summed E-state index contributed by atoms with van der Waals surface area (Å²) in [6, 6.07) is 2.07. The third-order valence-corrected chi connectivity index (χ3v) is 4.47. The first-order valence-electron chi connectivity index (χ1n) is 4.77. The number of hydrogen-bond donors (Lipinski definition) is 3. The van der Waals surface area contributed by atoms with Crippen LogP contribution in [0.4, 0.5) is 15.9 Å². The lowest BCUT2D eigenvalue weighted by Crippen LogP contribution is -2.14. The second-order valence-corrected chi connectivity index (χ2v) is 6.41. The van der Waals surface area contributed by atoms with E-state index in [0.717, 1.165) is 18.3 Å². The van der Waals surface area contributed by atoms with Crippen LogP contribution in [0, 0.1) is 5.82 Å². The fraction of sp³-hybridized carbons (Fsp3) is 0. The minimum absolute atomic E-state index is 0.0173. The van der Waals surface area contributed by atoms with Crippen molar-refractivity contribution in [2.24, 2.45) is 0 Å². The predicted molar refractivity (Wildman–Crippen MR) is 72.9 cm³/mol. The lowest BCUT2D eigenvalue weighted by Gasteiger charge is -2.10. The van der Waals surface area contributed by atoms with Gasteiger partial charge in [0.1, 0.15) is 16.5 Å². The fourth-order valence-corrected chi connectivity index (χ4v) is 3.54. The Morgan fingerprint density at radius 3 is 2.68 bits per heavy atom. The Kier molecular flexibility index (Phi) is 3.70. The predicted octanol–water partition coefficient (Wildman–Crippen LogP) is 2.35. The van der Waals surface area contributed by atoms with Gasteiger partial charge in [0.05, 0.1) is 16.9 Å². The van der Waals surface area contributed by atoms with Crippen molar-refractivity contribution in [1.82, 2.24) is 10.2 Å². The Balaban J connectivity index is 2.45. The Bertz CT molecular complexity index is 711. The molecule has 0 saturated carbocycles. The van der Waals surface area contributed by atoms with E-state index in [-0.39, 0.29) is 25.9 Å². The van der Waals surface area contributed by atoms with Crippen molar-refractivity contribution in [3.63, 3.8) is 0 Å². The Labute approximate surface area is 121 Å². The topological polar surface area (TPSA) is 101 Å². The van der Waals surface area contributed by atoms with Gasteiger partial charge in [-0.2, -0.15) is 5.10 Å². The molecule has 0 aliphatic rings. The van der Waals surface area contributed by atoms with Crippen LogP contribution in [0.3, 0.4) is 0 Å². The second kappa shape index (κ2) is 4.99. The Hall–Kier alpha value is -1.32. The largest absolute Gasteiger partial charge is 0.383 e. The van der Waals surface area contributed by atoms with Crippen molar-refractivity contribution < 1.29 is 12.8 Å². The molecule has 0 aliphatic carbocycles. The van der Waals surface area contributed by atoms with Gasteiger partial charge in [-0.1, -0.05) is 11.6 Å². The number of nitrogen functional groups attached to an aromatic ring is 1. The van der Waals surface area contributed by atoms with Crippen LogP contribution in [0.1, 0.15) is 0 Å². The molecule has 6 nitrogen and oxygen atoms in total. The number of anilines is 2. The van der Waals surface area contributed by atoms with Crippen molar-refractivity contribution in [3.05, 3.63) is 33.6 Å². The van der Waals surface area contributed by atoms with Gasteiger partial charge in [0.25, 0.3) is 10.0 Å². The van der Waals surface area contributed by atoms with Crippen molar-refractivity contribution in [3.8, 4) is 0 Å². The Morgan fingerprint density at radius 2 is 2.16 bits per heavy atom. The van der Waals surface area contributed by atoms with Gasteiger partial charge in [-0.15, -0.1) is 0 Å². The number of nitrogens with zero attached hydrogens (tertiary/aromatic N) is 1. The molecule has 0 fully saturated rings. The zero-order chi connectivity index (χ0) is 14.2. The second-order valence-electron chi connectivity index (χ2n) is 3.50. The lowest BCUT2D eigenvalue weighted by molar-refractivity contribution is 0.601. The number of sulfonamides is 1. The van der Waals surface area contributed by atoms with Gasteiger partial charge >= 0.3 is 0 Å². The van der Waals surface area contributed by atoms with Crippen LogP contribution in [-0.4, -0.2) is 18.6 Å². The van der Waals surface area contributed by atoms with E-state index < -0.39 is 15.8 Å². The number of benzene rings is 1. The molecule has 0 saturated heterocycles. The standard InChI is InChI=1S/C9H7BrClFN4O2S/c10-5-1-4(12)2-6(11)8(5)16-19(17,18)7-3-14-15-9(7)13/h1-3,16H,(H3,13,14,15). The normalized spacial score (nSPS) is 11.5. The first-order chi connectivity index (χ1) is 8.81. The van der Waals surface area contributed by atoms with Crippen LogP contribution in [-0.2, 0) is 10.0 Å². The summed E-state index contributed by atoms with van der Waals surface area (Å²) in [6.45, 7) is 0. The van der Waals surface area contributed by atoms with Crippen LogP contribution in [0.15, 0.2) is 27.7 Å².